The Morgan fingerprint density at radius 2 is 2.07 bits per heavy atom. The van der Waals surface area contributed by atoms with E-state index in [0.717, 1.165) is 0 Å². The second-order valence-electron chi connectivity index (χ2n) is 4.59. The van der Waals surface area contributed by atoms with Crippen LogP contribution in [0.25, 0.3) is 0 Å². The first-order valence-corrected chi connectivity index (χ1v) is 5.79. The smallest absolute Gasteiger partial charge is 0.0537 e. The molecule has 0 bridgehead atoms. The Morgan fingerprint density at radius 1 is 1.40 bits per heavy atom. The Morgan fingerprint density at radius 3 is 2.47 bits per heavy atom. The van der Waals surface area contributed by atoms with E-state index in [9.17, 15) is 0 Å². The lowest BCUT2D eigenvalue weighted by Gasteiger charge is -2.24. The van der Waals surface area contributed by atoms with Gasteiger partial charge in [0.15, 0.2) is 0 Å². The third kappa shape index (κ3) is 3.34. The predicted molar refractivity (Wildman–Crippen MR) is 63.7 cm³/mol. The molecule has 0 aromatic carbocycles. The quantitative estimate of drug-likeness (QED) is 0.807. The van der Waals surface area contributed by atoms with Crippen LogP contribution in [-0.2, 0) is 7.05 Å². The Hall–Kier alpha value is -0.830. The van der Waals surface area contributed by atoms with Crippen molar-refractivity contribution in [2.24, 2.45) is 13.0 Å². The van der Waals surface area contributed by atoms with Crippen LogP contribution in [0.5, 0.6) is 0 Å². The number of aryl methyl sites for hydroxylation is 1. The summed E-state index contributed by atoms with van der Waals surface area (Å²) in [5, 5.41) is 7.83. The van der Waals surface area contributed by atoms with Crippen LogP contribution in [0.2, 0.25) is 0 Å². The first kappa shape index (κ1) is 12.2. The summed E-state index contributed by atoms with van der Waals surface area (Å²) in [4.78, 5) is 0. The van der Waals surface area contributed by atoms with Crippen molar-refractivity contribution in [3.05, 3.63) is 18.0 Å². The third-order valence-corrected chi connectivity index (χ3v) is 2.93. The highest BCUT2D eigenvalue weighted by atomic mass is 15.2. The maximum atomic E-state index is 4.19. The third-order valence-electron chi connectivity index (χ3n) is 2.93. The SMILES string of the molecule is CCC(NC(C)c1cnn(C)c1)C(C)C. The van der Waals surface area contributed by atoms with E-state index in [0.29, 0.717) is 18.0 Å². The molecule has 86 valence electrons. The molecule has 1 N–H and O–H groups in total. The molecule has 0 aliphatic heterocycles. The molecule has 1 rings (SSSR count). The first-order chi connectivity index (χ1) is 7.04. The van der Waals surface area contributed by atoms with Crippen LogP contribution in [0.3, 0.4) is 0 Å². The van der Waals surface area contributed by atoms with Gasteiger partial charge in [0.1, 0.15) is 0 Å². The predicted octanol–water partition coefficient (Wildman–Crippen LogP) is 2.51. The van der Waals surface area contributed by atoms with Crippen molar-refractivity contribution >= 4 is 0 Å². The molecule has 3 nitrogen and oxygen atoms in total. The van der Waals surface area contributed by atoms with Crippen LogP contribution in [-0.4, -0.2) is 15.8 Å². The first-order valence-electron chi connectivity index (χ1n) is 5.79. The topological polar surface area (TPSA) is 29.9 Å². The van der Waals surface area contributed by atoms with Crippen LogP contribution in [0, 0.1) is 5.92 Å². The molecule has 0 saturated heterocycles. The van der Waals surface area contributed by atoms with Crippen molar-refractivity contribution in [3.8, 4) is 0 Å². The lowest BCUT2D eigenvalue weighted by atomic mass is 10.00. The number of rotatable bonds is 5. The molecular weight excluding hydrogens is 186 g/mol. The molecule has 1 aromatic heterocycles. The molecule has 3 heteroatoms. The van der Waals surface area contributed by atoms with Gasteiger partial charge in [0.2, 0.25) is 0 Å². The summed E-state index contributed by atoms with van der Waals surface area (Å²) >= 11 is 0. The fourth-order valence-corrected chi connectivity index (χ4v) is 1.86. The summed E-state index contributed by atoms with van der Waals surface area (Å²) in [6, 6.07) is 0.964. The van der Waals surface area contributed by atoms with Crippen molar-refractivity contribution in [2.45, 2.75) is 46.2 Å². The fraction of sp³-hybridized carbons (Fsp3) is 0.750. The Labute approximate surface area is 92.9 Å². The minimum atomic E-state index is 0.381. The zero-order valence-electron chi connectivity index (χ0n) is 10.5. The highest BCUT2D eigenvalue weighted by Gasteiger charge is 2.15. The van der Waals surface area contributed by atoms with Gasteiger partial charge in [0.25, 0.3) is 0 Å². The number of hydrogen-bond acceptors (Lipinski definition) is 2. The van der Waals surface area contributed by atoms with E-state index in [2.05, 4.69) is 44.3 Å². The lowest BCUT2D eigenvalue weighted by Crippen LogP contribution is -2.35. The van der Waals surface area contributed by atoms with Gasteiger partial charge in [0, 0.05) is 30.9 Å². The van der Waals surface area contributed by atoms with E-state index in [1.54, 1.807) is 0 Å². The van der Waals surface area contributed by atoms with E-state index in [-0.39, 0.29) is 0 Å². The number of nitrogens with one attached hydrogen (secondary N) is 1. The van der Waals surface area contributed by atoms with Gasteiger partial charge >= 0.3 is 0 Å². The highest BCUT2D eigenvalue weighted by Crippen LogP contribution is 2.15. The molecular formula is C12H23N3. The summed E-state index contributed by atoms with van der Waals surface area (Å²) in [7, 11) is 1.95. The second-order valence-corrected chi connectivity index (χ2v) is 4.59. The van der Waals surface area contributed by atoms with E-state index in [4.69, 9.17) is 0 Å². The molecule has 0 amide bonds. The van der Waals surface area contributed by atoms with Crippen LogP contribution < -0.4 is 5.32 Å². The minimum absolute atomic E-state index is 0.381. The molecule has 1 heterocycles. The summed E-state index contributed by atoms with van der Waals surface area (Å²) in [6.07, 6.45) is 5.18. The molecule has 0 spiro atoms. The number of aromatic nitrogens is 2. The molecule has 1 aromatic rings. The van der Waals surface area contributed by atoms with Gasteiger partial charge in [-0.2, -0.15) is 5.10 Å². The van der Waals surface area contributed by atoms with Gasteiger partial charge < -0.3 is 5.32 Å². The molecule has 0 aliphatic rings. The summed E-state index contributed by atoms with van der Waals surface area (Å²) in [6.45, 7) is 8.95. The Kier molecular flexibility index (Phi) is 4.33. The van der Waals surface area contributed by atoms with Gasteiger partial charge in [-0.3, -0.25) is 4.68 Å². The second kappa shape index (κ2) is 5.31. The van der Waals surface area contributed by atoms with Crippen LogP contribution in [0.15, 0.2) is 12.4 Å². The van der Waals surface area contributed by atoms with Gasteiger partial charge in [0.05, 0.1) is 6.20 Å². The maximum absolute atomic E-state index is 4.19. The molecule has 0 saturated carbocycles. The highest BCUT2D eigenvalue weighted by molar-refractivity contribution is 5.09. The average Bonchev–Trinajstić information content (AvgIpc) is 2.60. The van der Waals surface area contributed by atoms with Crippen LogP contribution in [0.4, 0.5) is 0 Å². The standard InChI is InChI=1S/C12H23N3/c1-6-12(9(2)3)14-10(4)11-7-13-15(5)8-11/h7-10,12,14H,6H2,1-5H3. The molecule has 0 fully saturated rings. The Bertz CT molecular complexity index is 291. The van der Waals surface area contributed by atoms with Crippen molar-refractivity contribution in [1.82, 2.24) is 15.1 Å². The van der Waals surface area contributed by atoms with Crippen molar-refractivity contribution in [1.29, 1.82) is 0 Å². The zero-order chi connectivity index (χ0) is 11.4. The van der Waals surface area contributed by atoms with Gasteiger partial charge in [-0.15, -0.1) is 0 Å². The molecule has 15 heavy (non-hydrogen) atoms. The monoisotopic (exact) mass is 209 g/mol. The summed E-state index contributed by atoms with van der Waals surface area (Å²) in [5.41, 5.74) is 1.26. The van der Waals surface area contributed by atoms with Crippen molar-refractivity contribution in [3.63, 3.8) is 0 Å². The van der Waals surface area contributed by atoms with E-state index < -0.39 is 0 Å². The number of hydrogen-bond donors (Lipinski definition) is 1. The van der Waals surface area contributed by atoms with Crippen molar-refractivity contribution < 1.29 is 0 Å². The van der Waals surface area contributed by atoms with Crippen molar-refractivity contribution in [2.75, 3.05) is 0 Å². The summed E-state index contributed by atoms with van der Waals surface area (Å²) in [5.74, 6) is 0.675. The Balaban J connectivity index is 2.58. The average molecular weight is 209 g/mol. The van der Waals surface area contributed by atoms with E-state index in [1.165, 1.54) is 12.0 Å². The lowest BCUT2D eigenvalue weighted by molar-refractivity contribution is 0.356. The molecule has 2 unspecified atom stereocenters. The zero-order valence-corrected chi connectivity index (χ0v) is 10.5. The van der Waals surface area contributed by atoms with E-state index in [1.807, 2.05) is 17.9 Å². The van der Waals surface area contributed by atoms with Gasteiger partial charge in [-0.25, -0.2) is 0 Å². The van der Waals surface area contributed by atoms with Gasteiger partial charge in [-0.05, 0) is 19.3 Å². The van der Waals surface area contributed by atoms with Gasteiger partial charge in [-0.1, -0.05) is 20.8 Å². The van der Waals surface area contributed by atoms with Crippen LogP contribution in [0.1, 0.15) is 45.7 Å². The maximum Gasteiger partial charge on any atom is 0.0537 e. The minimum Gasteiger partial charge on any atom is -0.307 e. The fourth-order valence-electron chi connectivity index (χ4n) is 1.86. The van der Waals surface area contributed by atoms with Crippen LogP contribution >= 0.6 is 0 Å². The number of nitrogens with zero attached hydrogens (tertiary/aromatic N) is 2. The normalized spacial score (nSPS) is 15.6. The molecule has 0 aliphatic carbocycles. The summed E-state index contributed by atoms with van der Waals surface area (Å²) < 4.78 is 1.85. The largest absolute Gasteiger partial charge is 0.307 e. The molecule has 0 radical (unpaired) electrons. The van der Waals surface area contributed by atoms with E-state index >= 15 is 0 Å². The molecule has 2 atom stereocenters.